The van der Waals surface area contributed by atoms with E-state index in [1.165, 1.54) is 36.1 Å². The zero-order chi connectivity index (χ0) is 25.8. The van der Waals surface area contributed by atoms with Crippen molar-refractivity contribution in [2.45, 2.75) is 33.4 Å². The van der Waals surface area contributed by atoms with Crippen LogP contribution in [-0.4, -0.2) is 35.3 Å². The molecule has 1 aromatic heterocycles. The summed E-state index contributed by atoms with van der Waals surface area (Å²) in [5.74, 6) is -0.225. The molecule has 0 saturated carbocycles. The Bertz CT molecular complexity index is 1240. The van der Waals surface area contributed by atoms with Gasteiger partial charge in [-0.2, -0.15) is 18.3 Å². The van der Waals surface area contributed by atoms with Crippen molar-refractivity contribution < 1.29 is 32.2 Å². The minimum Gasteiger partial charge on any atom is -0.493 e. The first-order valence-electron chi connectivity index (χ1n) is 10.7. The van der Waals surface area contributed by atoms with Crippen LogP contribution in [0, 0.1) is 13.8 Å². The summed E-state index contributed by atoms with van der Waals surface area (Å²) < 4.78 is 51.2. The zero-order valence-electron chi connectivity index (χ0n) is 19.6. The second-order valence-electron chi connectivity index (χ2n) is 7.59. The van der Waals surface area contributed by atoms with Crippen molar-refractivity contribution in [2.24, 2.45) is 0 Å². The molecule has 0 saturated heterocycles. The first-order valence-corrected chi connectivity index (χ1v) is 10.7. The number of rotatable bonds is 7. The molecule has 8 nitrogen and oxygen atoms in total. The maximum Gasteiger partial charge on any atom is 0.416 e. The Labute approximate surface area is 200 Å². The zero-order valence-corrected chi connectivity index (χ0v) is 19.6. The minimum atomic E-state index is -4.49. The van der Waals surface area contributed by atoms with Crippen LogP contribution >= 0.6 is 0 Å². The van der Waals surface area contributed by atoms with E-state index in [1.807, 2.05) is 6.92 Å². The number of ether oxygens (including phenoxy) is 2. The lowest BCUT2D eigenvalue weighted by atomic mass is 10.1. The van der Waals surface area contributed by atoms with Gasteiger partial charge in [0.25, 0.3) is 5.91 Å². The van der Waals surface area contributed by atoms with Crippen LogP contribution in [0.1, 0.15) is 39.8 Å². The lowest BCUT2D eigenvalue weighted by molar-refractivity contribution is -0.137. The molecule has 2 aromatic carbocycles. The van der Waals surface area contributed by atoms with E-state index in [-0.39, 0.29) is 17.7 Å². The van der Waals surface area contributed by atoms with E-state index in [9.17, 15) is 22.8 Å². The number of aryl methyl sites for hydroxylation is 1. The fourth-order valence-corrected chi connectivity index (χ4v) is 3.48. The third-order valence-corrected chi connectivity index (χ3v) is 5.24. The Hall–Kier alpha value is -4.02. The van der Waals surface area contributed by atoms with Gasteiger partial charge in [-0.25, -0.2) is 4.68 Å². The maximum atomic E-state index is 13.1. The summed E-state index contributed by atoms with van der Waals surface area (Å²) >= 11 is 0. The van der Waals surface area contributed by atoms with Gasteiger partial charge in [0.2, 0.25) is 5.91 Å². The van der Waals surface area contributed by atoms with Gasteiger partial charge in [-0.05, 0) is 57.2 Å². The highest BCUT2D eigenvalue weighted by molar-refractivity contribution is 5.96. The summed E-state index contributed by atoms with van der Waals surface area (Å²) in [6.45, 7) is 5.57. The van der Waals surface area contributed by atoms with E-state index in [4.69, 9.17) is 9.47 Å². The number of benzene rings is 2. The molecule has 0 radical (unpaired) electrons. The van der Waals surface area contributed by atoms with E-state index < -0.39 is 23.6 Å². The summed E-state index contributed by atoms with van der Waals surface area (Å²) in [6.07, 6.45) is -4.62. The molecular formula is C24H25F3N4O4. The number of hydrogen-bond acceptors (Lipinski definition) is 5. The second kappa shape index (κ2) is 10.5. The number of hydrogen-bond donors (Lipinski definition) is 2. The number of carbonyl (C=O) groups excluding carboxylic acids is 2. The third-order valence-electron chi connectivity index (χ3n) is 5.24. The molecule has 0 aliphatic heterocycles. The predicted molar refractivity (Wildman–Crippen MR) is 122 cm³/mol. The van der Waals surface area contributed by atoms with Crippen molar-refractivity contribution in [3.05, 3.63) is 70.5 Å². The molecule has 3 rings (SSSR count). The van der Waals surface area contributed by atoms with Gasteiger partial charge in [0.15, 0.2) is 11.5 Å². The molecule has 0 aliphatic carbocycles. The average molecular weight is 490 g/mol. The standard InChI is InChI=1S/C24H25F3N4O4/c1-5-35-20-10-9-16(11-21(20)34-4)23(33)29-28-22(32)13-19-14(2)30-31(15(19)3)18-8-6-7-17(12-18)24(25,26)27/h6-12H,5,13H2,1-4H3,(H,28,32)(H,29,33). The van der Waals surface area contributed by atoms with Crippen LogP contribution in [0.5, 0.6) is 11.5 Å². The molecule has 0 atom stereocenters. The lowest BCUT2D eigenvalue weighted by Crippen LogP contribution is -2.42. The van der Waals surface area contributed by atoms with Crippen molar-refractivity contribution in [1.82, 2.24) is 20.6 Å². The summed E-state index contributed by atoms with van der Waals surface area (Å²) in [4.78, 5) is 24.9. The maximum absolute atomic E-state index is 13.1. The lowest BCUT2D eigenvalue weighted by Gasteiger charge is -2.12. The predicted octanol–water partition coefficient (Wildman–Crippen LogP) is 3.92. The van der Waals surface area contributed by atoms with E-state index in [2.05, 4.69) is 16.0 Å². The van der Waals surface area contributed by atoms with Crippen molar-refractivity contribution in [3.63, 3.8) is 0 Å². The van der Waals surface area contributed by atoms with Crippen LogP contribution in [-0.2, 0) is 17.4 Å². The fraction of sp³-hybridized carbons (Fsp3) is 0.292. The molecule has 0 unspecified atom stereocenters. The molecule has 35 heavy (non-hydrogen) atoms. The van der Waals surface area contributed by atoms with Crippen LogP contribution in [0.2, 0.25) is 0 Å². The number of hydrazine groups is 1. The number of methoxy groups -OCH3 is 1. The molecule has 0 fully saturated rings. The quantitative estimate of drug-likeness (QED) is 0.490. The van der Waals surface area contributed by atoms with Gasteiger partial charge < -0.3 is 9.47 Å². The largest absolute Gasteiger partial charge is 0.493 e. The molecule has 11 heteroatoms. The topological polar surface area (TPSA) is 94.5 Å². The van der Waals surface area contributed by atoms with E-state index in [0.29, 0.717) is 35.1 Å². The summed E-state index contributed by atoms with van der Waals surface area (Å²) in [7, 11) is 1.45. The molecule has 2 N–H and O–H groups in total. The fourth-order valence-electron chi connectivity index (χ4n) is 3.48. The second-order valence-corrected chi connectivity index (χ2v) is 7.59. The Morgan fingerprint density at radius 2 is 1.80 bits per heavy atom. The van der Waals surface area contributed by atoms with Crippen LogP contribution in [0.15, 0.2) is 42.5 Å². The number of alkyl halides is 3. The number of amides is 2. The molecule has 0 spiro atoms. The first-order chi connectivity index (χ1) is 16.5. The molecule has 3 aromatic rings. The van der Waals surface area contributed by atoms with Crippen LogP contribution in [0.4, 0.5) is 13.2 Å². The van der Waals surface area contributed by atoms with Crippen molar-refractivity contribution >= 4 is 11.8 Å². The molecular weight excluding hydrogens is 465 g/mol. The Kier molecular flexibility index (Phi) is 7.68. The smallest absolute Gasteiger partial charge is 0.416 e. The normalized spacial score (nSPS) is 11.2. The van der Waals surface area contributed by atoms with Gasteiger partial charge in [-0.15, -0.1) is 0 Å². The highest BCUT2D eigenvalue weighted by Gasteiger charge is 2.31. The average Bonchev–Trinajstić information content (AvgIpc) is 3.10. The van der Waals surface area contributed by atoms with E-state index >= 15 is 0 Å². The molecule has 2 amide bonds. The number of nitrogens with zero attached hydrogens (tertiary/aromatic N) is 2. The number of carbonyl (C=O) groups is 2. The van der Waals surface area contributed by atoms with E-state index in [1.54, 1.807) is 19.9 Å². The highest BCUT2D eigenvalue weighted by Crippen LogP contribution is 2.31. The first kappa shape index (κ1) is 25.6. The van der Waals surface area contributed by atoms with Gasteiger partial charge in [0.05, 0.1) is 37.1 Å². The number of aromatic nitrogens is 2. The summed E-state index contributed by atoms with van der Waals surface area (Å²) in [5.41, 5.74) is 5.89. The Morgan fingerprint density at radius 1 is 1.06 bits per heavy atom. The van der Waals surface area contributed by atoms with Gasteiger partial charge in [0.1, 0.15) is 0 Å². The third kappa shape index (κ3) is 5.92. The van der Waals surface area contributed by atoms with Crippen LogP contribution in [0.3, 0.4) is 0 Å². The van der Waals surface area contributed by atoms with Gasteiger partial charge >= 0.3 is 6.18 Å². The van der Waals surface area contributed by atoms with Gasteiger partial charge in [0, 0.05) is 16.8 Å². The van der Waals surface area contributed by atoms with Gasteiger partial charge in [-0.1, -0.05) is 6.07 Å². The Morgan fingerprint density at radius 3 is 2.46 bits per heavy atom. The summed E-state index contributed by atoms with van der Waals surface area (Å²) in [5, 5.41) is 4.30. The molecule has 1 heterocycles. The van der Waals surface area contributed by atoms with Crippen LogP contribution in [0.25, 0.3) is 5.69 Å². The monoisotopic (exact) mass is 490 g/mol. The van der Waals surface area contributed by atoms with Crippen molar-refractivity contribution in [1.29, 1.82) is 0 Å². The number of halogens is 3. The van der Waals surface area contributed by atoms with E-state index in [0.717, 1.165) is 12.1 Å². The van der Waals surface area contributed by atoms with Crippen LogP contribution < -0.4 is 20.3 Å². The van der Waals surface area contributed by atoms with Crippen molar-refractivity contribution in [2.75, 3.05) is 13.7 Å². The van der Waals surface area contributed by atoms with Gasteiger partial charge in [-0.3, -0.25) is 20.4 Å². The van der Waals surface area contributed by atoms with Crippen molar-refractivity contribution in [3.8, 4) is 17.2 Å². The summed E-state index contributed by atoms with van der Waals surface area (Å²) in [6, 6.07) is 9.38. The highest BCUT2D eigenvalue weighted by atomic mass is 19.4. The number of nitrogens with one attached hydrogen (secondary N) is 2. The SMILES string of the molecule is CCOc1ccc(C(=O)NNC(=O)Cc2c(C)nn(-c3cccc(C(F)(F)F)c3)c2C)cc1OC. The molecule has 0 aliphatic rings. The molecule has 186 valence electrons. The Balaban J connectivity index is 1.69. The minimum absolute atomic E-state index is 0.135. The molecule has 0 bridgehead atoms.